The number of nitrogens with zero attached hydrogens (tertiary/aromatic N) is 1. The van der Waals surface area contributed by atoms with Crippen molar-refractivity contribution in [2.75, 3.05) is 0 Å². The fourth-order valence-electron chi connectivity index (χ4n) is 1.82. The largest absolute Gasteiger partial charge is 0.477 e. The summed E-state index contributed by atoms with van der Waals surface area (Å²) in [5.41, 5.74) is -0.447. The molecule has 0 unspecified atom stereocenters. The highest BCUT2D eigenvalue weighted by Crippen LogP contribution is 2.29. The highest BCUT2D eigenvalue weighted by Gasteiger charge is 2.23. The summed E-state index contributed by atoms with van der Waals surface area (Å²) < 4.78 is 13.1. The van der Waals surface area contributed by atoms with Crippen molar-refractivity contribution in [3.05, 3.63) is 69.5 Å². The Balaban J connectivity index is 2.30. The van der Waals surface area contributed by atoms with Crippen molar-refractivity contribution in [3.63, 3.8) is 0 Å². The molecule has 0 fully saturated rings. The molecule has 0 atom stereocenters. The number of hydrogen-bond acceptors (Lipinski definition) is 4. The average Bonchev–Trinajstić information content (AvgIpc) is 2.44. The number of carbonyl (C=O) groups is 1. The zero-order valence-electron chi connectivity index (χ0n) is 10.7. The van der Waals surface area contributed by atoms with Crippen molar-refractivity contribution in [3.8, 4) is 0 Å². The number of thioether (sulfide) groups is 1. The van der Waals surface area contributed by atoms with Gasteiger partial charge in [0.15, 0.2) is 0 Å². The van der Waals surface area contributed by atoms with Gasteiger partial charge >= 0.3 is 5.97 Å². The van der Waals surface area contributed by atoms with Gasteiger partial charge in [0.25, 0.3) is 5.69 Å². The molecule has 0 aliphatic rings. The van der Waals surface area contributed by atoms with Gasteiger partial charge in [-0.1, -0.05) is 18.2 Å². The lowest BCUT2D eigenvalue weighted by molar-refractivity contribution is -0.385. The van der Waals surface area contributed by atoms with E-state index in [9.17, 15) is 19.3 Å². The quantitative estimate of drug-likeness (QED) is 0.517. The first-order valence-corrected chi connectivity index (χ1v) is 6.85. The first-order chi connectivity index (χ1) is 9.99. The van der Waals surface area contributed by atoms with Gasteiger partial charge in [-0.3, -0.25) is 10.1 Å². The van der Waals surface area contributed by atoms with E-state index in [2.05, 4.69) is 0 Å². The maximum atomic E-state index is 13.1. The molecule has 0 aliphatic heterocycles. The van der Waals surface area contributed by atoms with Crippen LogP contribution in [0.3, 0.4) is 0 Å². The molecule has 0 radical (unpaired) electrons. The maximum absolute atomic E-state index is 13.1. The first-order valence-electron chi connectivity index (χ1n) is 5.87. The van der Waals surface area contributed by atoms with Gasteiger partial charge in [0.05, 0.1) is 4.92 Å². The third-order valence-electron chi connectivity index (χ3n) is 2.73. The van der Waals surface area contributed by atoms with Crippen LogP contribution in [0.25, 0.3) is 0 Å². The molecule has 0 amide bonds. The van der Waals surface area contributed by atoms with Crippen molar-refractivity contribution >= 4 is 23.4 Å². The van der Waals surface area contributed by atoms with Gasteiger partial charge < -0.3 is 5.11 Å². The predicted molar refractivity (Wildman–Crippen MR) is 76.0 cm³/mol. The van der Waals surface area contributed by atoms with Crippen molar-refractivity contribution in [2.24, 2.45) is 0 Å². The summed E-state index contributed by atoms with van der Waals surface area (Å²) in [6.07, 6.45) is 0. The standard InChI is InChI=1S/C14H10FNO4S/c15-10-4-2-5-11(7-10)21-8-9-3-1-6-12(16(19)20)13(9)14(17)18/h1-7H,8H2,(H,17,18). The Kier molecular flexibility index (Phi) is 4.54. The van der Waals surface area contributed by atoms with Crippen LogP contribution < -0.4 is 0 Å². The minimum absolute atomic E-state index is 0.201. The van der Waals surface area contributed by atoms with Crippen molar-refractivity contribution in [1.82, 2.24) is 0 Å². The monoisotopic (exact) mass is 307 g/mol. The second kappa shape index (κ2) is 6.36. The molecular weight excluding hydrogens is 297 g/mol. The minimum atomic E-state index is -1.35. The van der Waals surface area contributed by atoms with E-state index in [-0.39, 0.29) is 11.3 Å². The normalized spacial score (nSPS) is 10.3. The van der Waals surface area contributed by atoms with Crippen LogP contribution in [0.15, 0.2) is 47.4 Å². The molecule has 108 valence electrons. The van der Waals surface area contributed by atoms with E-state index in [0.717, 1.165) is 6.07 Å². The van der Waals surface area contributed by atoms with Gasteiger partial charge in [0.1, 0.15) is 11.4 Å². The number of rotatable bonds is 5. The van der Waals surface area contributed by atoms with Crippen LogP contribution in [-0.2, 0) is 5.75 Å². The fourth-order valence-corrected chi connectivity index (χ4v) is 2.76. The summed E-state index contributed by atoms with van der Waals surface area (Å²) in [5, 5.41) is 20.0. The van der Waals surface area contributed by atoms with Crippen LogP contribution in [0.5, 0.6) is 0 Å². The van der Waals surface area contributed by atoms with Gasteiger partial charge in [0, 0.05) is 16.7 Å². The summed E-state index contributed by atoms with van der Waals surface area (Å²) in [7, 11) is 0. The molecule has 0 bridgehead atoms. The molecule has 2 aromatic carbocycles. The first kappa shape index (κ1) is 15.0. The molecule has 0 saturated carbocycles. The van der Waals surface area contributed by atoms with Crippen molar-refractivity contribution in [1.29, 1.82) is 0 Å². The van der Waals surface area contributed by atoms with Crippen LogP contribution in [-0.4, -0.2) is 16.0 Å². The Labute approximate surface area is 123 Å². The van der Waals surface area contributed by atoms with Crippen LogP contribution in [0.1, 0.15) is 15.9 Å². The highest BCUT2D eigenvalue weighted by atomic mass is 32.2. The maximum Gasteiger partial charge on any atom is 0.343 e. The van der Waals surface area contributed by atoms with E-state index in [1.807, 2.05) is 0 Å². The molecule has 7 heteroatoms. The lowest BCUT2D eigenvalue weighted by Crippen LogP contribution is -2.06. The van der Waals surface area contributed by atoms with E-state index in [0.29, 0.717) is 10.5 Å². The summed E-state index contributed by atoms with van der Waals surface area (Å²) in [4.78, 5) is 22.0. The Morgan fingerprint density at radius 3 is 2.62 bits per heavy atom. The van der Waals surface area contributed by atoms with E-state index >= 15 is 0 Å². The number of benzene rings is 2. The number of hydrogen-bond donors (Lipinski definition) is 1. The Morgan fingerprint density at radius 1 is 1.29 bits per heavy atom. The molecule has 0 aliphatic carbocycles. The Hall–Kier alpha value is -2.41. The molecule has 0 heterocycles. The minimum Gasteiger partial charge on any atom is -0.477 e. The van der Waals surface area contributed by atoms with Crippen molar-refractivity contribution in [2.45, 2.75) is 10.6 Å². The lowest BCUT2D eigenvalue weighted by atomic mass is 10.1. The van der Waals surface area contributed by atoms with E-state index in [1.54, 1.807) is 12.1 Å². The molecule has 0 saturated heterocycles. The highest BCUT2D eigenvalue weighted by molar-refractivity contribution is 7.98. The smallest absolute Gasteiger partial charge is 0.343 e. The number of aromatic carboxylic acids is 1. The fraction of sp³-hybridized carbons (Fsp3) is 0.0714. The molecule has 21 heavy (non-hydrogen) atoms. The zero-order chi connectivity index (χ0) is 15.4. The number of carboxylic acids is 1. The third-order valence-corrected chi connectivity index (χ3v) is 3.77. The van der Waals surface area contributed by atoms with Gasteiger partial charge in [-0.05, 0) is 23.8 Å². The van der Waals surface area contributed by atoms with Crippen LogP contribution in [0.2, 0.25) is 0 Å². The van der Waals surface area contributed by atoms with Crippen LogP contribution >= 0.6 is 11.8 Å². The van der Waals surface area contributed by atoms with E-state index < -0.39 is 22.4 Å². The molecule has 1 N–H and O–H groups in total. The topological polar surface area (TPSA) is 80.4 Å². The second-order valence-electron chi connectivity index (χ2n) is 4.12. The van der Waals surface area contributed by atoms with Gasteiger partial charge in [-0.15, -0.1) is 11.8 Å². The van der Waals surface area contributed by atoms with Crippen LogP contribution in [0.4, 0.5) is 10.1 Å². The second-order valence-corrected chi connectivity index (χ2v) is 5.17. The van der Waals surface area contributed by atoms with Gasteiger partial charge in [-0.25, -0.2) is 9.18 Å². The number of carboxylic acid groups (broad SMARTS) is 1. The molecule has 0 aromatic heterocycles. The average molecular weight is 307 g/mol. The molecule has 2 rings (SSSR count). The Morgan fingerprint density at radius 2 is 2.00 bits per heavy atom. The molecular formula is C14H10FNO4S. The van der Waals surface area contributed by atoms with Gasteiger partial charge in [0.2, 0.25) is 0 Å². The number of halogens is 1. The van der Waals surface area contributed by atoms with Gasteiger partial charge in [-0.2, -0.15) is 0 Å². The Bertz CT molecular complexity index is 705. The summed E-state index contributed by atoms with van der Waals surface area (Å²) in [6.45, 7) is 0. The van der Waals surface area contributed by atoms with Crippen molar-refractivity contribution < 1.29 is 19.2 Å². The van der Waals surface area contributed by atoms with Crippen LogP contribution in [0, 0.1) is 15.9 Å². The summed E-state index contributed by atoms with van der Waals surface area (Å²) >= 11 is 1.21. The summed E-state index contributed by atoms with van der Waals surface area (Å²) in [5.74, 6) is -1.54. The summed E-state index contributed by atoms with van der Waals surface area (Å²) in [6, 6.07) is 9.96. The molecule has 5 nitrogen and oxygen atoms in total. The lowest BCUT2D eigenvalue weighted by Gasteiger charge is -2.06. The molecule has 2 aromatic rings. The predicted octanol–water partition coefficient (Wildman–Crippen LogP) is 3.72. The molecule has 0 spiro atoms. The zero-order valence-corrected chi connectivity index (χ0v) is 11.5. The number of nitro groups is 1. The third kappa shape index (κ3) is 3.57. The van der Waals surface area contributed by atoms with E-state index in [4.69, 9.17) is 5.11 Å². The van der Waals surface area contributed by atoms with E-state index in [1.165, 1.54) is 36.0 Å². The SMILES string of the molecule is O=C(O)c1c(CSc2cccc(F)c2)cccc1[N+](=O)[O-]. The number of nitro benzene ring substituents is 1.